The van der Waals surface area contributed by atoms with E-state index < -0.39 is 0 Å². The molecule has 100 valence electrons. The van der Waals surface area contributed by atoms with Crippen molar-refractivity contribution in [3.8, 4) is 0 Å². The van der Waals surface area contributed by atoms with Crippen LogP contribution in [0.1, 0.15) is 39.0 Å². The molecule has 0 saturated carbocycles. The summed E-state index contributed by atoms with van der Waals surface area (Å²) in [4.78, 5) is 11.0. The fourth-order valence-electron chi connectivity index (χ4n) is 2.07. The first-order chi connectivity index (χ1) is 8.33. The van der Waals surface area contributed by atoms with Crippen LogP contribution in [0.5, 0.6) is 0 Å². The number of hydrogen-bond donors (Lipinski definition) is 1. The summed E-state index contributed by atoms with van der Waals surface area (Å²) in [5, 5.41) is 3.36. The summed E-state index contributed by atoms with van der Waals surface area (Å²) in [6.07, 6.45) is 4.94. The van der Waals surface area contributed by atoms with Crippen molar-refractivity contribution in [3.05, 3.63) is 0 Å². The van der Waals surface area contributed by atoms with Crippen LogP contribution in [0.3, 0.4) is 0 Å². The number of carbonyl (C=O) groups is 1. The third-order valence-electron chi connectivity index (χ3n) is 3.10. The second-order valence-electron chi connectivity index (χ2n) is 4.50. The molecule has 0 radical (unpaired) electrons. The lowest BCUT2D eigenvalue weighted by Crippen LogP contribution is -2.28. The molecule has 0 aromatic carbocycles. The third-order valence-corrected chi connectivity index (χ3v) is 3.10. The van der Waals surface area contributed by atoms with E-state index >= 15 is 0 Å². The number of hydrogen-bond acceptors (Lipinski definition) is 4. The van der Waals surface area contributed by atoms with Gasteiger partial charge in [0.2, 0.25) is 0 Å². The van der Waals surface area contributed by atoms with Gasteiger partial charge in [-0.25, -0.2) is 0 Å². The van der Waals surface area contributed by atoms with Gasteiger partial charge in [0.15, 0.2) is 0 Å². The first kappa shape index (κ1) is 14.5. The van der Waals surface area contributed by atoms with Crippen LogP contribution >= 0.6 is 0 Å². The summed E-state index contributed by atoms with van der Waals surface area (Å²) in [7, 11) is 0. The molecule has 17 heavy (non-hydrogen) atoms. The van der Waals surface area contributed by atoms with E-state index in [0.717, 1.165) is 38.5 Å². The van der Waals surface area contributed by atoms with Crippen LogP contribution in [0, 0.1) is 5.92 Å². The zero-order valence-corrected chi connectivity index (χ0v) is 10.9. The number of esters is 1. The van der Waals surface area contributed by atoms with Gasteiger partial charge in [0.1, 0.15) is 0 Å². The van der Waals surface area contributed by atoms with Gasteiger partial charge >= 0.3 is 5.97 Å². The minimum atomic E-state index is -0.116. The Labute approximate surface area is 104 Å². The van der Waals surface area contributed by atoms with Crippen LogP contribution in [-0.4, -0.2) is 38.9 Å². The van der Waals surface area contributed by atoms with Gasteiger partial charge in [-0.15, -0.1) is 0 Å². The number of rotatable bonds is 8. The highest BCUT2D eigenvalue weighted by molar-refractivity contribution is 5.69. The first-order valence-corrected chi connectivity index (χ1v) is 6.77. The fourth-order valence-corrected chi connectivity index (χ4v) is 2.07. The summed E-state index contributed by atoms with van der Waals surface area (Å²) in [6, 6.07) is 0. The van der Waals surface area contributed by atoms with E-state index in [4.69, 9.17) is 9.47 Å². The highest BCUT2D eigenvalue weighted by atomic mass is 16.5. The number of carbonyl (C=O) groups excluding carboxylic acids is 1. The molecule has 4 heteroatoms. The van der Waals surface area contributed by atoms with Crippen LogP contribution in [0.25, 0.3) is 0 Å². The van der Waals surface area contributed by atoms with E-state index in [2.05, 4.69) is 5.32 Å². The lowest BCUT2D eigenvalue weighted by Gasteiger charge is -2.22. The lowest BCUT2D eigenvalue weighted by molar-refractivity contribution is -0.143. The predicted molar refractivity (Wildman–Crippen MR) is 66.9 cm³/mol. The van der Waals surface area contributed by atoms with Crippen molar-refractivity contribution in [2.75, 3.05) is 32.9 Å². The minimum Gasteiger partial charge on any atom is -0.466 e. The molecule has 0 atom stereocenters. The molecule has 0 aromatic rings. The highest BCUT2D eigenvalue weighted by Gasteiger charge is 2.12. The van der Waals surface area contributed by atoms with Crippen LogP contribution in [0.2, 0.25) is 0 Å². The molecule has 4 nitrogen and oxygen atoms in total. The Morgan fingerprint density at radius 2 is 2.06 bits per heavy atom. The number of nitrogens with one attached hydrogen (secondary N) is 1. The van der Waals surface area contributed by atoms with Gasteiger partial charge in [-0.3, -0.25) is 4.79 Å². The molecule has 0 unspecified atom stereocenters. The number of piperidine rings is 1. The summed E-state index contributed by atoms with van der Waals surface area (Å²) < 4.78 is 10.4. The topological polar surface area (TPSA) is 47.6 Å². The van der Waals surface area contributed by atoms with Crippen molar-refractivity contribution in [2.45, 2.75) is 39.0 Å². The summed E-state index contributed by atoms with van der Waals surface area (Å²) in [5.41, 5.74) is 0. The van der Waals surface area contributed by atoms with Crippen LogP contribution < -0.4 is 5.32 Å². The monoisotopic (exact) mass is 243 g/mol. The van der Waals surface area contributed by atoms with Gasteiger partial charge in [0.05, 0.1) is 6.61 Å². The molecule has 0 aromatic heterocycles. The molecular weight excluding hydrogens is 218 g/mol. The van der Waals surface area contributed by atoms with Crippen molar-refractivity contribution in [2.24, 2.45) is 5.92 Å². The quantitative estimate of drug-likeness (QED) is 0.521. The smallest absolute Gasteiger partial charge is 0.305 e. The largest absolute Gasteiger partial charge is 0.466 e. The van der Waals surface area contributed by atoms with Gasteiger partial charge < -0.3 is 14.8 Å². The van der Waals surface area contributed by atoms with E-state index in [1.807, 2.05) is 6.92 Å². The SMILES string of the molecule is CCOC(=O)CCCOCCC1CCNCC1. The molecule has 0 bridgehead atoms. The summed E-state index contributed by atoms with van der Waals surface area (Å²) in [6.45, 7) is 6.08. The van der Waals surface area contributed by atoms with Crippen molar-refractivity contribution in [1.82, 2.24) is 5.32 Å². The molecule has 1 N–H and O–H groups in total. The second-order valence-corrected chi connectivity index (χ2v) is 4.50. The van der Waals surface area contributed by atoms with Gasteiger partial charge in [-0.05, 0) is 51.6 Å². The van der Waals surface area contributed by atoms with Crippen LogP contribution in [-0.2, 0) is 14.3 Å². The summed E-state index contributed by atoms with van der Waals surface area (Å²) >= 11 is 0. The molecule has 1 heterocycles. The zero-order valence-electron chi connectivity index (χ0n) is 10.9. The standard InChI is InChI=1S/C13H25NO3/c1-2-17-13(15)4-3-10-16-11-7-12-5-8-14-9-6-12/h12,14H,2-11H2,1H3. The minimum absolute atomic E-state index is 0.116. The van der Waals surface area contributed by atoms with Gasteiger partial charge in [0, 0.05) is 19.6 Å². The Morgan fingerprint density at radius 3 is 2.76 bits per heavy atom. The van der Waals surface area contributed by atoms with Crippen LogP contribution in [0.15, 0.2) is 0 Å². The Balaban J connectivity index is 1.85. The van der Waals surface area contributed by atoms with E-state index in [1.165, 1.54) is 12.8 Å². The molecule has 1 aliphatic heterocycles. The fraction of sp³-hybridized carbons (Fsp3) is 0.923. The van der Waals surface area contributed by atoms with Gasteiger partial charge in [-0.1, -0.05) is 0 Å². The van der Waals surface area contributed by atoms with Gasteiger partial charge in [0.25, 0.3) is 0 Å². The van der Waals surface area contributed by atoms with Crippen molar-refractivity contribution in [3.63, 3.8) is 0 Å². The maximum atomic E-state index is 11.0. The lowest BCUT2D eigenvalue weighted by atomic mass is 9.95. The van der Waals surface area contributed by atoms with Crippen molar-refractivity contribution < 1.29 is 14.3 Å². The zero-order chi connectivity index (χ0) is 12.3. The first-order valence-electron chi connectivity index (χ1n) is 6.77. The molecule has 1 rings (SSSR count). The average molecular weight is 243 g/mol. The molecule has 0 amide bonds. The number of ether oxygens (including phenoxy) is 2. The van der Waals surface area contributed by atoms with E-state index in [1.54, 1.807) is 0 Å². The Morgan fingerprint density at radius 1 is 1.29 bits per heavy atom. The van der Waals surface area contributed by atoms with E-state index in [-0.39, 0.29) is 5.97 Å². The molecule has 1 aliphatic rings. The average Bonchev–Trinajstić information content (AvgIpc) is 2.35. The Bertz CT molecular complexity index is 203. The predicted octanol–water partition coefficient (Wildman–Crippen LogP) is 1.74. The molecule has 0 spiro atoms. The highest BCUT2D eigenvalue weighted by Crippen LogP contribution is 2.15. The van der Waals surface area contributed by atoms with E-state index in [0.29, 0.717) is 19.6 Å². The maximum Gasteiger partial charge on any atom is 0.305 e. The van der Waals surface area contributed by atoms with Crippen molar-refractivity contribution in [1.29, 1.82) is 0 Å². The normalized spacial score (nSPS) is 17.0. The third kappa shape index (κ3) is 7.34. The van der Waals surface area contributed by atoms with Gasteiger partial charge in [-0.2, -0.15) is 0 Å². The molecular formula is C13H25NO3. The summed E-state index contributed by atoms with van der Waals surface area (Å²) in [5.74, 6) is 0.704. The molecule has 1 fully saturated rings. The molecule has 1 saturated heterocycles. The van der Waals surface area contributed by atoms with Crippen LogP contribution in [0.4, 0.5) is 0 Å². The second kappa shape index (κ2) is 9.42. The van der Waals surface area contributed by atoms with E-state index in [9.17, 15) is 4.79 Å². The maximum absolute atomic E-state index is 11.0. The van der Waals surface area contributed by atoms with Crippen molar-refractivity contribution >= 4 is 5.97 Å². The Hall–Kier alpha value is -0.610. The molecule has 0 aliphatic carbocycles. The Kier molecular flexibility index (Phi) is 8.01.